The first-order valence-corrected chi connectivity index (χ1v) is 5.26. The Morgan fingerprint density at radius 1 is 1.40 bits per heavy atom. The quantitative estimate of drug-likeness (QED) is 0.815. The van der Waals surface area contributed by atoms with Crippen LogP contribution in [0.5, 0.6) is 0 Å². The Labute approximate surface area is 90.9 Å². The van der Waals surface area contributed by atoms with Gasteiger partial charge in [0.25, 0.3) is 0 Å². The molecule has 1 amide bonds. The molecule has 0 saturated carbocycles. The molecule has 3 heteroatoms. The number of para-hydroxylation sites is 1. The SMILES string of the molecule is CCC(=O)N(CCN)c1ccccc1C. The van der Waals surface area contributed by atoms with E-state index in [1.165, 1.54) is 0 Å². The van der Waals surface area contributed by atoms with Crippen LogP contribution in [0.15, 0.2) is 24.3 Å². The van der Waals surface area contributed by atoms with Gasteiger partial charge >= 0.3 is 0 Å². The number of nitrogens with zero attached hydrogens (tertiary/aromatic N) is 1. The number of hydrogen-bond acceptors (Lipinski definition) is 2. The molecule has 0 aliphatic rings. The van der Waals surface area contributed by atoms with Gasteiger partial charge in [-0.15, -0.1) is 0 Å². The van der Waals surface area contributed by atoms with Gasteiger partial charge in [0, 0.05) is 25.2 Å². The highest BCUT2D eigenvalue weighted by Gasteiger charge is 2.14. The van der Waals surface area contributed by atoms with Gasteiger partial charge in [-0.1, -0.05) is 25.1 Å². The third-order valence-corrected chi connectivity index (χ3v) is 2.36. The molecule has 0 aromatic heterocycles. The molecule has 0 spiro atoms. The second-order valence-electron chi connectivity index (χ2n) is 3.47. The normalized spacial score (nSPS) is 10.1. The smallest absolute Gasteiger partial charge is 0.226 e. The molecular weight excluding hydrogens is 188 g/mol. The molecule has 0 unspecified atom stereocenters. The second kappa shape index (κ2) is 5.51. The van der Waals surface area contributed by atoms with Crippen molar-refractivity contribution >= 4 is 11.6 Å². The van der Waals surface area contributed by atoms with Crippen molar-refractivity contribution in [2.45, 2.75) is 20.3 Å². The van der Waals surface area contributed by atoms with Crippen molar-refractivity contribution in [3.05, 3.63) is 29.8 Å². The first-order chi connectivity index (χ1) is 7.20. The van der Waals surface area contributed by atoms with Crippen LogP contribution in [-0.2, 0) is 4.79 Å². The minimum atomic E-state index is 0.120. The zero-order valence-electron chi connectivity index (χ0n) is 9.36. The zero-order valence-corrected chi connectivity index (χ0v) is 9.36. The molecule has 3 nitrogen and oxygen atoms in total. The predicted molar refractivity (Wildman–Crippen MR) is 62.9 cm³/mol. The highest BCUT2D eigenvalue weighted by atomic mass is 16.2. The van der Waals surface area contributed by atoms with Crippen LogP contribution in [0, 0.1) is 6.92 Å². The lowest BCUT2D eigenvalue weighted by atomic mass is 10.1. The highest BCUT2D eigenvalue weighted by Crippen LogP contribution is 2.19. The van der Waals surface area contributed by atoms with E-state index in [4.69, 9.17) is 5.73 Å². The molecule has 0 heterocycles. The van der Waals surface area contributed by atoms with Crippen molar-refractivity contribution in [1.29, 1.82) is 0 Å². The van der Waals surface area contributed by atoms with Crippen LogP contribution < -0.4 is 10.6 Å². The minimum Gasteiger partial charge on any atom is -0.329 e. The van der Waals surface area contributed by atoms with E-state index >= 15 is 0 Å². The molecule has 2 N–H and O–H groups in total. The summed E-state index contributed by atoms with van der Waals surface area (Å²) in [5, 5.41) is 0. The Morgan fingerprint density at radius 3 is 2.60 bits per heavy atom. The van der Waals surface area contributed by atoms with Crippen molar-refractivity contribution < 1.29 is 4.79 Å². The van der Waals surface area contributed by atoms with Crippen molar-refractivity contribution in [1.82, 2.24) is 0 Å². The summed E-state index contributed by atoms with van der Waals surface area (Å²) in [4.78, 5) is 13.5. The molecule has 82 valence electrons. The monoisotopic (exact) mass is 206 g/mol. The predicted octanol–water partition coefficient (Wildman–Crippen LogP) is 1.70. The van der Waals surface area contributed by atoms with Gasteiger partial charge in [-0.05, 0) is 18.6 Å². The molecule has 0 saturated heterocycles. The van der Waals surface area contributed by atoms with Crippen LogP contribution in [0.25, 0.3) is 0 Å². The van der Waals surface area contributed by atoms with E-state index in [0.717, 1.165) is 11.3 Å². The summed E-state index contributed by atoms with van der Waals surface area (Å²) in [6, 6.07) is 7.87. The van der Waals surface area contributed by atoms with E-state index in [2.05, 4.69) is 0 Å². The lowest BCUT2D eigenvalue weighted by Crippen LogP contribution is -2.35. The molecule has 15 heavy (non-hydrogen) atoms. The molecule has 1 aromatic carbocycles. The van der Waals surface area contributed by atoms with Gasteiger partial charge in [0.1, 0.15) is 0 Å². The van der Waals surface area contributed by atoms with E-state index in [-0.39, 0.29) is 5.91 Å². The summed E-state index contributed by atoms with van der Waals surface area (Å²) in [5.74, 6) is 0.120. The van der Waals surface area contributed by atoms with Crippen LogP contribution in [0.4, 0.5) is 5.69 Å². The number of benzene rings is 1. The van der Waals surface area contributed by atoms with Crippen LogP contribution in [0.1, 0.15) is 18.9 Å². The average Bonchev–Trinajstić information content (AvgIpc) is 2.26. The molecule has 1 aromatic rings. The summed E-state index contributed by atoms with van der Waals surface area (Å²) in [5.41, 5.74) is 7.59. The summed E-state index contributed by atoms with van der Waals surface area (Å²) >= 11 is 0. The number of carbonyl (C=O) groups is 1. The van der Waals surface area contributed by atoms with Crippen LogP contribution in [0.3, 0.4) is 0 Å². The number of nitrogens with two attached hydrogens (primary N) is 1. The molecule has 0 bridgehead atoms. The van der Waals surface area contributed by atoms with Gasteiger partial charge in [-0.3, -0.25) is 4.79 Å². The standard InChI is InChI=1S/C12H18N2O/c1-3-12(15)14(9-8-13)11-7-5-4-6-10(11)2/h4-7H,3,8-9,13H2,1-2H3. The molecule has 0 radical (unpaired) electrons. The van der Waals surface area contributed by atoms with E-state index in [1.54, 1.807) is 4.90 Å². The van der Waals surface area contributed by atoms with Crippen molar-refractivity contribution in [2.24, 2.45) is 5.73 Å². The first-order valence-electron chi connectivity index (χ1n) is 5.26. The second-order valence-corrected chi connectivity index (χ2v) is 3.47. The fourth-order valence-corrected chi connectivity index (χ4v) is 1.57. The lowest BCUT2D eigenvalue weighted by molar-refractivity contribution is -0.118. The molecule has 0 aliphatic carbocycles. The summed E-state index contributed by atoms with van der Waals surface area (Å²) < 4.78 is 0. The maximum Gasteiger partial charge on any atom is 0.226 e. The Morgan fingerprint density at radius 2 is 2.07 bits per heavy atom. The van der Waals surface area contributed by atoms with E-state index in [1.807, 2.05) is 38.1 Å². The number of hydrogen-bond donors (Lipinski definition) is 1. The van der Waals surface area contributed by atoms with E-state index in [9.17, 15) is 4.79 Å². The van der Waals surface area contributed by atoms with Gasteiger partial charge in [0.2, 0.25) is 5.91 Å². The number of rotatable bonds is 4. The fraction of sp³-hybridized carbons (Fsp3) is 0.417. The lowest BCUT2D eigenvalue weighted by Gasteiger charge is -2.23. The van der Waals surface area contributed by atoms with Crippen molar-refractivity contribution in [2.75, 3.05) is 18.0 Å². The van der Waals surface area contributed by atoms with Gasteiger partial charge in [0.15, 0.2) is 0 Å². The summed E-state index contributed by atoms with van der Waals surface area (Å²) in [6.07, 6.45) is 0.508. The van der Waals surface area contributed by atoms with E-state index < -0.39 is 0 Å². The van der Waals surface area contributed by atoms with Crippen molar-refractivity contribution in [3.8, 4) is 0 Å². The third kappa shape index (κ3) is 2.80. The van der Waals surface area contributed by atoms with Gasteiger partial charge in [0.05, 0.1) is 0 Å². The van der Waals surface area contributed by atoms with Crippen LogP contribution in [-0.4, -0.2) is 19.0 Å². The first kappa shape index (κ1) is 11.7. The molecule has 0 atom stereocenters. The maximum atomic E-state index is 11.7. The minimum absolute atomic E-state index is 0.120. The van der Waals surface area contributed by atoms with Gasteiger partial charge < -0.3 is 10.6 Å². The largest absolute Gasteiger partial charge is 0.329 e. The molecule has 0 fully saturated rings. The Bertz CT molecular complexity index is 336. The van der Waals surface area contributed by atoms with Crippen molar-refractivity contribution in [3.63, 3.8) is 0 Å². The third-order valence-electron chi connectivity index (χ3n) is 2.36. The number of amides is 1. The van der Waals surface area contributed by atoms with Gasteiger partial charge in [-0.25, -0.2) is 0 Å². The van der Waals surface area contributed by atoms with E-state index in [0.29, 0.717) is 19.5 Å². The number of aryl methyl sites for hydroxylation is 1. The Kier molecular flexibility index (Phi) is 4.31. The molecule has 0 aliphatic heterocycles. The highest BCUT2D eigenvalue weighted by molar-refractivity contribution is 5.93. The van der Waals surface area contributed by atoms with Crippen LogP contribution >= 0.6 is 0 Å². The fourth-order valence-electron chi connectivity index (χ4n) is 1.57. The summed E-state index contributed by atoms with van der Waals surface area (Å²) in [6.45, 7) is 4.93. The Balaban J connectivity index is 2.98. The zero-order chi connectivity index (χ0) is 11.3. The maximum absolute atomic E-state index is 11.7. The number of anilines is 1. The topological polar surface area (TPSA) is 46.3 Å². The Hall–Kier alpha value is -1.35. The average molecular weight is 206 g/mol. The molecule has 1 rings (SSSR count). The van der Waals surface area contributed by atoms with Gasteiger partial charge in [-0.2, -0.15) is 0 Å². The summed E-state index contributed by atoms with van der Waals surface area (Å²) in [7, 11) is 0. The molecular formula is C12H18N2O. The number of carbonyl (C=O) groups excluding carboxylic acids is 1. The van der Waals surface area contributed by atoms with Crippen LogP contribution in [0.2, 0.25) is 0 Å².